The zero-order valence-corrected chi connectivity index (χ0v) is 15.8. The Hall–Kier alpha value is -2.55. The van der Waals surface area contributed by atoms with Crippen molar-refractivity contribution in [2.45, 2.75) is 39.0 Å². The Morgan fingerprint density at radius 1 is 1.25 bits per heavy atom. The van der Waals surface area contributed by atoms with Gasteiger partial charge in [0.1, 0.15) is 6.23 Å². The molecule has 0 radical (unpaired) electrons. The number of hydrogen-bond donors (Lipinski definition) is 2. The summed E-state index contributed by atoms with van der Waals surface area (Å²) in [5.74, 6) is 2.22. The minimum absolute atomic E-state index is 0.0272. The van der Waals surface area contributed by atoms with Crippen LogP contribution in [0.3, 0.4) is 0 Å². The van der Waals surface area contributed by atoms with E-state index in [-0.39, 0.29) is 12.6 Å². The van der Waals surface area contributed by atoms with Gasteiger partial charge in [0.05, 0.1) is 12.3 Å². The number of aliphatic hydroxyl groups is 2. The van der Waals surface area contributed by atoms with Crippen LogP contribution in [-0.2, 0) is 6.42 Å². The normalized spacial score (nSPS) is 23.9. The Bertz CT molecular complexity index is 1030. The van der Waals surface area contributed by atoms with Crippen molar-refractivity contribution in [1.82, 2.24) is 20.0 Å². The van der Waals surface area contributed by atoms with Crippen LogP contribution < -0.4 is 0 Å². The summed E-state index contributed by atoms with van der Waals surface area (Å²) < 4.78 is 11.0. The summed E-state index contributed by atoms with van der Waals surface area (Å²) in [4.78, 5) is 10.8. The Morgan fingerprint density at radius 2 is 2.11 bits per heavy atom. The number of fused-ring (bicyclic) bond motifs is 3. The number of β-amino-alcohol motifs (C(OH)–C–C–N with tert-alkyl or cyclic N) is 1. The lowest BCUT2D eigenvalue weighted by molar-refractivity contribution is 0.00648. The van der Waals surface area contributed by atoms with Crippen molar-refractivity contribution in [2.24, 2.45) is 5.92 Å². The van der Waals surface area contributed by atoms with Gasteiger partial charge in [-0.25, -0.2) is 4.98 Å². The minimum atomic E-state index is -0.506. The van der Waals surface area contributed by atoms with Gasteiger partial charge in [0, 0.05) is 25.1 Å². The molecule has 3 unspecified atom stereocenters. The van der Waals surface area contributed by atoms with E-state index in [1.54, 1.807) is 6.92 Å². The van der Waals surface area contributed by atoms with Crippen LogP contribution >= 0.6 is 0 Å². The van der Waals surface area contributed by atoms with Crippen LogP contribution in [0.5, 0.6) is 0 Å². The van der Waals surface area contributed by atoms with E-state index in [1.807, 2.05) is 24.0 Å². The van der Waals surface area contributed by atoms with Gasteiger partial charge in [-0.05, 0) is 36.8 Å². The smallest absolute Gasteiger partial charge is 0.295 e. The molecule has 5 rings (SSSR count). The van der Waals surface area contributed by atoms with Gasteiger partial charge in [0.2, 0.25) is 11.6 Å². The summed E-state index contributed by atoms with van der Waals surface area (Å²) >= 11 is 0. The van der Waals surface area contributed by atoms with E-state index >= 15 is 0 Å². The van der Waals surface area contributed by atoms with Gasteiger partial charge in [-0.3, -0.25) is 4.90 Å². The molecule has 8 nitrogen and oxygen atoms in total. The molecule has 0 bridgehead atoms. The predicted molar refractivity (Wildman–Crippen MR) is 99.1 cm³/mol. The summed E-state index contributed by atoms with van der Waals surface area (Å²) in [6.45, 7) is 4.11. The second-order valence-electron chi connectivity index (χ2n) is 7.53. The number of aromatic nitrogens is 3. The number of nitrogens with zero attached hydrogens (tertiary/aromatic N) is 4. The van der Waals surface area contributed by atoms with E-state index in [2.05, 4.69) is 21.2 Å². The lowest BCUT2D eigenvalue weighted by Crippen LogP contribution is -2.33. The maximum Gasteiger partial charge on any atom is 0.295 e. The fourth-order valence-corrected chi connectivity index (χ4v) is 4.76. The number of oxazole rings is 1. The molecule has 1 saturated heterocycles. The lowest BCUT2D eigenvalue weighted by atomic mass is 10.0. The second kappa shape index (κ2) is 6.51. The van der Waals surface area contributed by atoms with Crippen molar-refractivity contribution in [3.63, 3.8) is 0 Å². The van der Waals surface area contributed by atoms with E-state index in [4.69, 9.17) is 8.94 Å². The number of aliphatic hydroxyl groups excluding tert-OH is 2. The molecule has 2 aliphatic rings. The molecule has 1 aliphatic heterocycles. The molecule has 146 valence electrons. The SMILES string of the molecule is Cc1nc(C)c(-c2nc(-c3cccc4c3CC3CC(O)N(CCO)C43)no2)o1. The average Bonchev–Trinajstić information content (AvgIpc) is 3.40. The third-order valence-corrected chi connectivity index (χ3v) is 5.82. The van der Waals surface area contributed by atoms with Crippen molar-refractivity contribution >= 4 is 0 Å². The maximum absolute atomic E-state index is 10.4. The standard InChI is InChI=1S/C20H22N4O4/c1-10-18(27-11(2)21-10)20-22-19(23-28-20)14-5-3-4-13-15(14)8-12-9-16(26)24(6-7-25)17(12)13/h3-5,12,16-17,25-26H,6-9H2,1-2H3. The molecular formula is C20H22N4O4. The fourth-order valence-electron chi connectivity index (χ4n) is 4.76. The van der Waals surface area contributed by atoms with Crippen LogP contribution in [0.4, 0.5) is 0 Å². The predicted octanol–water partition coefficient (Wildman–Crippen LogP) is 2.24. The molecule has 2 aromatic heterocycles. The van der Waals surface area contributed by atoms with E-state index in [1.165, 1.54) is 11.1 Å². The first-order valence-corrected chi connectivity index (χ1v) is 9.51. The zero-order chi connectivity index (χ0) is 19.4. The summed E-state index contributed by atoms with van der Waals surface area (Å²) in [6, 6.07) is 6.19. The Balaban J connectivity index is 1.53. The molecule has 1 aliphatic carbocycles. The van der Waals surface area contributed by atoms with E-state index in [0.717, 1.165) is 12.0 Å². The van der Waals surface area contributed by atoms with Crippen LogP contribution in [0.15, 0.2) is 27.1 Å². The molecule has 0 saturated carbocycles. The van der Waals surface area contributed by atoms with Gasteiger partial charge in [-0.2, -0.15) is 4.98 Å². The molecule has 28 heavy (non-hydrogen) atoms. The first kappa shape index (κ1) is 17.5. The quantitative estimate of drug-likeness (QED) is 0.707. The summed E-state index contributed by atoms with van der Waals surface area (Å²) in [5, 5.41) is 23.9. The molecule has 8 heteroatoms. The number of likely N-dealkylation sites (tertiary alicyclic amines) is 1. The average molecular weight is 382 g/mol. The number of aryl methyl sites for hydroxylation is 2. The molecule has 3 aromatic rings. The highest BCUT2D eigenvalue weighted by Crippen LogP contribution is 2.50. The fraction of sp³-hybridized carbons (Fsp3) is 0.450. The van der Waals surface area contributed by atoms with Crippen molar-refractivity contribution in [2.75, 3.05) is 13.2 Å². The zero-order valence-electron chi connectivity index (χ0n) is 15.8. The third-order valence-electron chi connectivity index (χ3n) is 5.82. The van der Waals surface area contributed by atoms with Crippen molar-refractivity contribution in [1.29, 1.82) is 0 Å². The highest BCUT2D eigenvalue weighted by atomic mass is 16.5. The Labute approximate surface area is 161 Å². The topological polar surface area (TPSA) is 109 Å². The van der Waals surface area contributed by atoms with Gasteiger partial charge in [0.15, 0.2) is 5.89 Å². The number of benzene rings is 1. The molecule has 0 amide bonds. The molecular weight excluding hydrogens is 360 g/mol. The Kier molecular flexibility index (Phi) is 4.08. The molecule has 1 fully saturated rings. The van der Waals surface area contributed by atoms with E-state index < -0.39 is 6.23 Å². The van der Waals surface area contributed by atoms with E-state index in [9.17, 15) is 10.2 Å². The summed E-state index contributed by atoms with van der Waals surface area (Å²) in [7, 11) is 0. The van der Waals surface area contributed by atoms with Crippen molar-refractivity contribution in [3.05, 3.63) is 40.9 Å². The summed E-state index contributed by atoms with van der Waals surface area (Å²) in [5.41, 5.74) is 4.01. The third kappa shape index (κ3) is 2.60. The van der Waals surface area contributed by atoms with Gasteiger partial charge >= 0.3 is 0 Å². The largest absolute Gasteiger partial charge is 0.436 e. The maximum atomic E-state index is 10.4. The van der Waals surface area contributed by atoms with Crippen LogP contribution in [0.2, 0.25) is 0 Å². The molecule has 0 spiro atoms. The van der Waals surface area contributed by atoms with Gasteiger partial charge < -0.3 is 19.2 Å². The van der Waals surface area contributed by atoms with Crippen LogP contribution in [0, 0.1) is 19.8 Å². The first-order valence-electron chi connectivity index (χ1n) is 9.51. The highest BCUT2D eigenvalue weighted by molar-refractivity contribution is 5.65. The number of rotatable bonds is 4. The second-order valence-corrected chi connectivity index (χ2v) is 7.53. The monoisotopic (exact) mass is 382 g/mol. The molecule has 3 heterocycles. The first-order chi connectivity index (χ1) is 13.6. The van der Waals surface area contributed by atoms with Gasteiger partial charge in [-0.15, -0.1) is 0 Å². The summed E-state index contributed by atoms with van der Waals surface area (Å²) in [6.07, 6.45) is 1.04. The Morgan fingerprint density at radius 3 is 2.86 bits per heavy atom. The van der Waals surface area contributed by atoms with Gasteiger partial charge in [0.25, 0.3) is 5.89 Å². The minimum Gasteiger partial charge on any atom is -0.436 e. The van der Waals surface area contributed by atoms with E-state index in [0.29, 0.717) is 47.9 Å². The molecule has 1 aromatic carbocycles. The van der Waals surface area contributed by atoms with Crippen molar-refractivity contribution < 1.29 is 19.2 Å². The van der Waals surface area contributed by atoms with Gasteiger partial charge in [-0.1, -0.05) is 23.4 Å². The van der Waals surface area contributed by atoms with Crippen LogP contribution in [0.25, 0.3) is 23.0 Å². The van der Waals surface area contributed by atoms with Crippen molar-refractivity contribution in [3.8, 4) is 23.0 Å². The lowest BCUT2D eigenvalue weighted by Gasteiger charge is -2.26. The number of hydrogen-bond acceptors (Lipinski definition) is 8. The highest BCUT2D eigenvalue weighted by Gasteiger charge is 2.46. The van der Waals surface area contributed by atoms with Crippen LogP contribution in [-0.4, -0.2) is 49.6 Å². The molecule has 3 atom stereocenters. The van der Waals surface area contributed by atoms with Crippen LogP contribution in [0.1, 0.15) is 35.2 Å². The molecule has 2 N–H and O–H groups in total.